The van der Waals surface area contributed by atoms with Crippen LogP contribution in [-0.4, -0.2) is 64.1 Å². The van der Waals surface area contributed by atoms with Crippen LogP contribution in [-0.2, 0) is 14.4 Å². The number of hydrogen-bond donors (Lipinski definition) is 3. The molecular weight excluding hydrogens is 334 g/mol. The first-order chi connectivity index (χ1) is 11.4. The summed E-state index contributed by atoms with van der Waals surface area (Å²) in [6.45, 7) is 0.535. The molecular formula is C15H21N3O5S. The Bertz CT molecular complexity index is 550. The third kappa shape index (κ3) is 5.77. The average molecular weight is 355 g/mol. The van der Waals surface area contributed by atoms with Crippen molar-refractivity contribution in [1.29, 1.82) is 5.26 Å². The highest BCUT2D eigenvalue weighted by atomic mass is 32.2. The molecule has 1 aliphatic rings. The van der Waals surface area contributed by atoms with E-state index in [0.717, 1.165) is 6.20 Å². The van der Waals surface area contributed by atoms with E-state index in [2.05, 4.69) is 5.32 Å². The van der Waals surface area contributed by atoms with Gasteiger partial charge in [-0.3, -0.25) is 9.59 Å². The SMILES string of the molecule is CSCCC(N/C=C(/C#N)C(=O)N1CCC(C(=O)O)CC1)C(=O)O. The quantitative estimate of drug-likeness (QED) is 0.424. The zero-order chi connectivity index (χ0) is 18.1. The fourth-order valence-electron chi connectivity index (χ4n) is 2.34. The summed E-state index contributed by atoms with van der Waals surface area (Å²) in [4.78, 5) is 35.8. The van der Waals surface area contributed by atoms with Gasteiger partial charge in [0.1, 0.15) is 17.7 Å². The summed E-state index contributed by atoms with van der Waals surface area (Å²) in [5, 5.41) is 29.8. The smallest absolute Gasteiger partial charge is 0.326 e. The molecule has 0 aromatic carbocycles. The Morgan fingerprint density at radius 2 is 2.00 bits per heavy atom. The van der Waals surface area contributed by atoms with Crippen LogP contribution >= 0.6 is 11.8 Å². The number of nitrogens with one attached hydrogen (secondary N) is 1. The number of amides is 1. The molecule has 1 atom stereocenters. The third-order valence-electron chi connectivity index (χ3n) is 3.82. The van der Waals surface area contributed by atoms with Crippen molar-refractivity contribution in [2.24, 2.45) is 5.92 Å². The van der Waals surface area contributed by atoms with Crippen LogP contribution in [0.5, 0.6) is 0 Å². The molecule has 1 aliphatic heterocycles. The van der Waals surface area contributed by atoms with Gasteiger partial charge in [0, 0.05) is 19.3 Å². The van der Waals surface area contributed by atoms with Crippen LogP contribution in [0, 0.1) is 17.2 Å². The zero-order valence-corrected chi connectivity index (χ0v) is 14.2. The second kappa shape index (κ2) is 9.82. The minimum Gasteiger partial charge on any atom is -0.481 e. The number of rotatable bonds is 8. The van der Waals surface area contributed by atoms with E-state index < -0.39 is 29.8 Å². The molecule has 1 heterocycles. The lowest BCUT2D eigenvalue weighted by Crippen LogP contribution is -2.41. The number of likely N-dealkylation sites (tertiary alicyclic amines) is 1. The first-order valence-electron chi connectivity index (χ1n) is 7.50. The summed E-state index contributed by atoms with van der Waals surface area (Å²) in [6.07, 6.45) is 4.06. The van der Waals surface area contributed by atoms with Crippen LogP contribution in [0.1, 0.15) is 19.3 Å². The molecule has 1 amide bonds. The van der Waals surface area contributed by atoms with E-state index in [9.17, 15) is 14.4 Å². The number of aliphatic carboxylic acids is 2. The molecule has 0 bridgehead atoms. The largest absolute Gasteiger partial charge is 0.481 e. The first kappa shape index (κ1) is 19.8. The normalized spacial score (nSPS) is 17.0. The van der Waals surface area contributed by atoms with Gasteiger partial charge in [-0.1, -0.05) is 0 Å². The highest BCUT2D eigenvalue weighted by Gasteiger charge is 2.28. The lowest BCUT2D eigenvalue weighted by Gasteiger charge is -2.29. The van der Waals surface area contributed by atoms with Gasteiger partial charge in [-0.15, -0.1) is 0 Å². The van der Waals surface area contributed by atoms with E-state index in [0.29, 0.717) is 25.0 Å². The molecule has 0 radical (unpaired) electrons. The van der Waals surface area contributed by atoms with Crippen molar-refractivity contribution in [3.63, 3.8) is 0 Å². The summed E-state index contributed by atoms with van der Waals surface area (Å²) in [7, 11) is 0. The van der Waals surface area contributed by atoms with Crippen LogP contribution in [0.25, 0.3) is 0 Å². The minimum atomic E-state index is -1.05. The summed E-state index contributed by atoms with van der Waals surface area (Å²) in [5.74, 6) is -2.27. The van der Waals surface area contributed by atoms with Gasteiger partial charge in [0.05, 0.1) is 5.92 Å². The van der Waals surface area contributed by atoms with Crippen LogP contribution < -0.4 is 5.32 Å². The number of carboxylic acids is 2. The van der Waals surface area contributed by atoms with Crippen molar-refractivity contribution in [2.45, 2.75) is 25.3 Å². The highest BCUT2D eigenvalue weighted by Crippen LogP contribution is 2.18. The molecule has 3 N–H and O–H groups in total. The molecule has 24 heavy (non-hydrogen) atoms. The molecule has 0 aliphatic carbocycles. The Hall–Kier alpha value is -2.21. The number of nitriles is 1. The van der Waals surface area contributed by atoms with E-state index in [4.69, 9.17) is 15.5 Å². The number of thioether (sulfide) groups is 1. The van der Waals surface area contributed by atoms with Gasteiger partial charge >= 0.3 is 11.9 Å². The Balaban J connectivity index is 2.67. The molecule has 0 aromatic heterocycles. The molecule has 9 heteroatoms. The zero-order valence-electron chi connectivity index (χ0n) is 13.4. The Morgan fingerprint density at radius 1 is 1.38 bits per heavy atom. The lowest BCUT2D eigenvalue weighted by molar-refractivity contribution is -0.145. The van der Waals surface area contributed by atoms with Crippen molar-refractivity contribution in [1.82, 2.24) is 10.2 Å². The van der Waals surface area contributed by atoms with E-state index in [1.807, 2.05) is 6.26 Å². The van der Waals surface area contributed by atoms with Crippen molar-refractivity contribution in [3.8, 4) is 6.07 Å². The second-order valence-corrected chi connectivity index (χ2v) is 6.40. The van der Waals surface area contributed by atoms with Gasteiger partial charge in [-0.05, 0) is 31.3 Å². The average Bonchev–Trinajstić information content (AvgIpc) is 2.57. The van der Waals surface area contributed by atoms with Crippen LogP contribution in [0.15, 0.2) is 11.8 Å². The number of hydrogen-bond acceptors (Lipinski definition) is 6. The number of piperidine rings is 1. The highest BCUT2D eigenvalue weighted by molar-refractivity contribution is 7.98. The summed E-state index contributed by atoms with van der Waals surface area (Å²) >= 11 is 1.51. The summed E-state index contributed by atoms with van der Waals surface area (Å²) in [6, 6.07) is 0.907. The topological polar surface area (TPSA) is 131 Å². The minimum absolute atomic E-state index is 0.181. The molecule has 1 fully saturated rings. The molecule has 1 unspecified atom stereocenters. The van der Waals surface area contributed by atoms with Crippen molar-refractivity contribution in [3.05, 3.63) is 11.8 Å². The van der Waals surface area contributed by atoms with Crippen molar-refractivity contribution in [2.75, 3.05) is 25.1 Å². The molecule has 0 aromatic rings. The van der Waals surface area contributed by atoms with Gasteiger partial charge in [0.25, 0.3) is 5.91 Å². The van der Waals surface area contributed by atoms with E-state index in [1.54, 1.807) is 6.07 Å². The van der Waals surface area contributed by atoms with Gasteiger partial charge in [-0.25, -0.2) is 4.79 Å². The van der Waals surface area contributed by atoms with Crippen molar-refractivity contribution >= 4 is 29.6 Å². The predicted molar refractivity (Wildman–Crippen MR) is 88.2 cm³/mol. The molecule has 1 rings (SSSR count). The molecule has 0 saturated carbocycles. The Morgan fingerprint density at radius 3 is 2.46 bits per heavy atom. The number of carbonyl (C=O) groups excluding carboxylic acids is 1. The molecule has 1 saturated heterocycles. The van der Waals surface area contributed by atoms with E-state index in [-0.39, 0.29) is 18.7 Å². The van der Waals surface area contributed by atoms with Crippen LogP contribution in [0.2, 0.25) is 0 Å². The molecule has 8 nitrogen and oxygen atoms in total. The third-order valence-corrected chi connectivity index (χ3v) is 4.46. The number of nitrogens with zero attached hydrogens (tertiary/aromatic N) is 2. The second-order valence-electron chi connectivity index (χ2n) is 5.41. The van der Waals surface area contributed by atoms with Gasteiger partial charge in [0.15, 0.2) is 0 Å². The van der Waals surface area contributed by atoms with Gasteiger partial charge in [-0.2, -0.15) is 17.0 Å². The fourth-order valence-corrected chi connectivity index (χ4v) is 2.81. The van der Waals surface area contributed by atoms with Gasteiger partial charge < -0.3 is 20.4 Å². The molecule has 132 valence electrons. The van der Waals surface area contributed by atoms with Crippen LogP contribution in [0.3, 0.4) is 0 Å². The molecule has 0 spiro atoms. The maximum absolute atomic E-state index is 12.3. The summed E-state index contributed by atoms with van der Waals surface area (Å²) in [5.41, 5.74) is -0.181. The summed E-state index contributed by atoms with van der Waals surface area (Å²) < 4.78 is 0. The monoisotopic (exact) mass is 355 g/mol. The number of carbonyl (C=O) groups is 3. The van der Waals surface area contributed by atoms with Crippen LogP contribution in [0.4, 0.5) is 0 Å². The Kier molecular flexibility index (Phi) is 8.12. The Labute approximate surface area is 144 Å². The number of carboxylic acid groups (broad SMARTS) is 2. The predicted octanol–water partition coefficient (Wildman–Crippen LogP) is 0.513. The standard InChI is InChI=1S/C15H21N3O5S/c1-24-7-4-12(15(22)23)17-9-11(8-16)13(19)18-5-2-10(3-6-18)14(20)21/h9-10,12,17H,2-7H2,1H3,(H,20,21)(H,22,23)/b11-9-. The lowest BCUT2D eigenvalue weighted by atomic mass is 9.97. The van der Waals surface area contributed by atoms with Gasteiger partial charge in [0.2, 0.25) is 0 Å². The fraction of sp³-hybridized carbons (Fsp3) is 0.600. The van der Waals surface area contributed by atoms with Crippen molar-refractivity contribution < 1.29 is 24.6 Å². The van der Waals surface area contributed by atoms with E-state index in [1.165, 1.54) is 16.7 Å². The maximum atomic E-state index is 12.3. The first-order valence-corrected chi connectivity index (χ1v) is 8.90. The van der Waals surface area contributed by atoms with E-state index >= 15 is 0 Å². The maximum Gasteiger partial charge on any atom is 0.326 e.